The molecule has 0 bridgehead atoms. The number of hydrogen-bond acceptors (Lipinski definition) is 4. The molecule has 3 rings (SSSR count). The van der Waals surface area contributed by atoms with Gasteiger partial charge >= 0.3 is 0 Å². The zero-order valence-electron chi connectivity index (χ0n) is 10.7. The van der Waals surface area contributed by atoms with Crippen LogP contribution in [0.3, 0.4) is 0 Å². The molecule has 96 valence electrons. The third-order valence-electron chi connectivity index (χ3n) is 3.16. The van der Waals surface area contributed by atoms with Gasteiger partial charge in [0.05, 0.1) is 10.2 Å². The zero-order valence-corrected chi connectivity index (χ0v) is 11.5. The van der Waals surface area contributed by atoms with Crippen LogP contribution in [-0.4, -0.2) is 9.97 Å². The van der Waals surface area contributed by atoms with Gasteiger partial charge in [-0.1, -0.05) is 6.07 Å². The summed E-state index contributed by atoms with van der Waals surface area (Å²) < 4.78 is 1.24. The van der Waals surface area contributed by atoms with Gasteiger partial charge in [0.1, 0.15) is 0 Å². The standard InChI is InChI=1S/C15H15N3S/c1-11(17-9-12-3-2-5-16-8-12)13-7-15-14(18-10-13)4-6-19-15/h2-8,10-11,17H,9H2,1H3. The minimum atomic E-state index is 0.277. The largest absolute Gasteiger partial charge is 0.306 e. The average Bonchev–Trinajstić information content (AvgIpc) is 2.93. The molecule has 3 aromatic rings. The summed E-state index contributed by atoms with van der Waals surface area (Å²) in [6.07, 6.45) is 5.64. The van der Waals surface area contributed by atoms with Crippen molar-refractivity contribution in [1.29, 1.82) is 0 Å². The number of thiophene rings is 1. The van der Waals surface area contributed by atoms with Crippen LogP contribution in [0.5, 0.6) is 0 Å². The van der Waals surface area contributed by atoms with Crippen LogP contribution in [0.2, 0.25) is 0 Å². The maximum atomic E-state index is 4.48. The highest BCUT2D eigenvalue weighted by atomic mass is 32.1. The number of hydrogen-bond donors (Lipinski definition) is 1. The summed E-state index contributed by atoms with van der Waals surface area (Å²) in [7, 11) is 0. The summed E-state index contributed by atoms with van der Waals surface area (Å²) in [6.45, 7) is 2.98. The predicted molar refractivity (Wildman–Crippen MR) is 79.1 cm³/mol. The molecule has 19 heavy (non-hydrogen) atoms. The molecule has 0 aliphatic rings. The maximum Gasteiger partial charge on any atom is 0.0809 e. The van der Waals surface area contributed by atoms with Crippen molar-refractivity contribution in [3.05, 3.63) is 59.4 Å². The van der Waals surface area contributed by atoms with E-state index in [-0.39, 0.29) is 6.04 Å². The zero-order chi connectivity index (χ0) is 13.1. The fourth-order valence-electron chi connectivity index (χ4n) is 1.99. The average molecular weight is 269 g/mol. The van der Waals surface area contributed by atoms with Crippen molar-refractivity contribution in [1.82, 2.24) is 15.3 Å². The van der Waals surface area contributed by atoms with Crippen molar-refractivity contribution in [2.75, 3.05) is 0 Å². The van der Waals surface area contributed by atoms with E-state index in [4.69, 9.17) is 0 Å². The van der Waals surface area contributed by atoms with Crippen LogP contribution < -0.4 is 5.32 Å². The molecule has 0 spiro atoms. The van der Waals surface area contributed by atoms with Gasteiger partial charge in [0.15, 0.2) is 0 Å². The molecule has 1 N–H and O–H groups in total. The smallest absolute Gasteiger partial charge is 0.0809 e. The van der Waals surface area contributed by atoms with Crippen molar-refractivity contribution < 1.29 is 0 Å². The lowest BCUT2D eigenvalue weighted by molar-refractivity contribution is 0.573. The van der Waals surface area contributed by atoms with E-state index >= 15 is 0 Å². The highest BCUT2D eigenvalue weighted by Gasteiger charge is 2.07. The highest BCUT2D eigenvalue weighted by Crippen LogP contribution is 2.22. The summed E-state index contributed by atoms with van der Waals surface area (Å²) in [5.74, 6) is 0. The maximum absolute atomic E-state index is 4.48. The lowest BCUT2D eigenvalue weighted by Gasteiger charge is -2.13. The molecule has 0 saturated carbocycles. The molecule has 3 nitrogen and oxygen atoms in total. The first-order chi connectivity index (χ1) is 9.33. The number of rotatable bonds is 4. The number of aromatic nitrogens is 2. The third-order valence-corrected chi connectivity index (χ3v) is 4.01. The summed E-state index contributed by atoms with van der Waals surface area (Å²) in [6, 6.07) is 8.58. The number of fused-ring (bicyclic) bond motifs is 1. The highest BCUT2D eigenvalue weighted by molar-refractivity contribution is 7.17. The Bertz CT molecular complexity index is 663. The van der Waals surface area contributed by atoms with Crippen molar-refractivity contribution >= 4 is 21.6 Å². The van der Waals surface area contributed by atoms with Gasteiger partial charge in [-0.3, -0.25) is 9.97 Å². The molecule has 0 radical (unpaired) electrons. The molecule has 0 amide bonds. The number of nitrogens with one attached hydrogen (secondary N) is 1. The van der Waals surface area contributed by atoms with Crippen molar-refractivity contribution in [3.63, 3.8) is 0 Å². The minimum Gasteiger partial charge on any atom is -0.306 e. The molecular weight excluding hydrogens is 254 g/mol. The van der Waals surface area contributed by atoms with Crippen LogP contribution in [0.1, 0.15) is 24.1 Å². The Morgan fingerprint density at radius 2 is 2.26 bits per heavy atom. The van der Waals surface area contributed by atoms with E-state index in [9.17, 15) is 0 Å². The molecule has 0 saturated heterocycles. The van der Waals surface area contributed by atoms with Gasteiger partial charge in [0.2, 0.25) is 0 Å². The second kappa shape index (κ2) is 5.47. The van der Waals surface area contributed by atoms with Crippen LogP contribution >= 0.6 is 11.3 Å². The first-order valence-corrected chi connectivity index (χ1v) is 7.16. The quantitative estimate of drug-likeness (QED) is 0.787. The van der Waals surface area contributed by atoms with E-state index < -0.39 is 0 Å². The first-order valence-electron chi connectivity index (χ1n) is 6.28. The van der Waals surface area contributed by atoms with Gasteiger partial charge in [-0.05, 0) is 41.6 Å². The monoisotopic (exact) mass is 269 g/mol. The second-order valence-electron chi connectivity index (χ2n) is 4.54. The SMILES string of the molecule is CC(NCc1cccnc1)c1cnc2ccsc2c1. The molecule has 4 heteroatoms. The normalized spacial score (nSPS) is 12.7. The Hall–Kier alpha value is -1.78. The van der Waals surface area contributed by atoms with E-state index in [0.29, 0.717) is 0 Å². The van der Waals surface area contributed by atoms with Crippen molar-refractivity contribution in [2.24, 2.45) is 0 Å². The van der Waals surface area contributed by atoms with Crippen LogP contribution in [0, 0.1) is 0 Å². The van der Waals surface area contributed by atoms with Gasteiger partial charge in [-0.25, -0.2) is 0 Å². The van der Waals surface area contributed by atoms with E-state index in [1.165, 1.54) is 15.8 Å². The van der Waals surface area contributed by atoms with Crippen molar-refractivity contribution in [2.45, 2.75) is 19.5 Å². The Morgan fingerprint density at radius 3 is 3.11 bits per heavy atom. The predicted octanol–water partition coefficient (Wildman–Crippen LogP) is 3.54. The topological polar surface area (TPSA) is 37.8 Å². The van der Waals surface area contributed by atoms with Crippen molar-refractivity contribution in [3.8, 4) is 0 Å². The first kappa shape index (κ1) is 12.3. The van der Waals surface area contributed by atoms with Gasteiger partial charge in [-0.2, -0.15) is 0 Å². The summed E-state index contributed by atoms with van der Waals surface area (Å²) in [4.78, 5) is 8.59. The van der Waals surface area contributed by atoms with E-state index in [0.717, 1.165) is 12.1 Å². The molecule has 0 aliphatic heterocycles. The summed E-state index contributed by atoms with van der Waals surface area (Å²) in [5, 5.41) is 5.58. The van der Waals surface area contributed by atoms with E-state index in [2.05, 4.69) is 45.8 Å². The number of nitrogens with zero attached hydrogens (tertiary/aromatic N) is 2. The molecule has 3 aromatic heterocycles. The van der Waals surface area contributed by atoms with Gasteiger partial charge in [-0.15, -0.1) is 11.3 Å². The Morgan fingerprint density at radius 1 is 1.32 bits per heavy atom. The van der Waals surface area contributed by atoms with Crippen LogP contribution in [0.25, 0.3) is 10.2 Å². The molecule has 1 atom stereocenters. The molecule has 0 aliphatic carbocycles. The van der Waals surface area contributed by atoms with E-state index in [1.807, 2.05) is 18.5 Å². The van der Waals surface area contributed by atoms with Crippen LogP contribution in [0.15, 0.2) is 48.2 Å². The van der Waals surface area contributed by atoms with Crippen LogP contribution in [0.4, 0.5) is 0 Å². The van der Waals surface area contributed by atoms with Gasteiger partial charge in [0.25, 0.3) is 0 Å². The number of pyridine rings is 2. The van der Waals surface area contributed by atoms with Gasteiger partial charge < -0.3 is 5.32 Å². The third kappa shape index (κ3) is 2.80. The second-order valence-corrected chi connectivity index (χ2v) is 5.48. The fourth-order valence-corrected chi connectivity index (χ4v) is 2.78. The van der Waals surface area contributed by atoms with Gasteiger partial charge in [0, 0.05) is 31.2 Å². The fraction of sp³-hybridized carbons (Fsp3) is 0.200. The van der Waals surface area contributed by atoms with Crippen LogP contribution in [-0.2, 0) is 6.54 Å². The molecule has 0 aromatic carbocycles. The summed E-state index contributed by atoms with van der Waals surface area (Å²) >= 11 is 1.73. The van der Waals surface area contributed by atoms with E-state index in [1.54, 1.807) is 17.5 Å². The Balaban J connectivity index is 1.71. The summed E-state index contributed by atoms with van der Waals surface area (Å²) in [5.41, 5.74) is 3.49. The lowest BCUT2D eigenvalue weighted by Crippen LogP contribution is -2.18. The molecule has 3 heterocycles. The molecule has 0 fully saturated rings. The molecule has 1 unspecified atom stereocenters. The lowest BCUT2D eigenvalue weighted by atomic mass is 10.1. The minimum absolute atomic E-state index is 0.277. The Labute approximate surface area is 116 Å². The molecular formula is C15H15N3S. The Kier molecular flexibility index (Phi) is 3.53.